The standard InChI is InChI=1S/C15H23NO3/c1-18-9-8-16-15(11-17)7-3-4-12-5-6-13(19-2)10-14(12)15/h5-6,10,16-17H,3-4,7-9,11H2,1-2H3. The fraction of sp³-hybridized carbons (Fsp3) is 0.600. The van der Waals surface area contributed by atoms with Gasteiger partial charge in [-0.1, -0.05) is 6.07 Å². The molecule has 0 saturated heterocycles. The normalized spacial score (nSPS) is 22.1. The van der Waals surface area contributed by atoms with Gasteiger partial charge in [0.15, 0.2) is 0 Å². The van der Waals surface area contributed by atoms with Crippen molar-refractivity contribution in [3.63, 3.8) is 0 Å². The van der Waals surface area contributed by atoms with Gasteiger partial charge in [0.05, 0.1) is 25.9 Å². The Morgan fingerprint density at radius 3 is 2.89 bits per heavy atom. The van der Waals surface area contributed by atoms with E-state index in [0.717, 1.165) is 37.1 Å². The molecule has 106 valence electrons. The molecule has 4 nitrogen and oxygen atoms in total. The third-order valence-corrected chi connectivity index (χ3v) is 3.92. The zero-order chi connectivity index (χ0) is 13.7. The Morgan fingerprint density at radius 1 is 1.37 bits per heavy atom. The SMILES string of the molecule is COCCNC1(CO)CCCc2ccc(OC)cc21. The van der Waals surface area contributed by atoms with Gasteiger partial charge >= 0.3 is 0 Å². The van der Waals surface area contributed by atoms with E-state index in [1.54, 1.807) is 14.2 Å². The molecule has 0 saturated carbocycles. The fourth-order valence-electron chi connectivity index (χ4n) is 2.86. The molecule has 1 unspecified atom stereocenters. The van der Waals surface area contributed by atoms with Crippen molar-refractivity contribution in [3.8, 4) is 5.75 Å². The van der Waals surface area contributed by atoms with Crippen LogP contribution in [0.4, 0.5) is 0 Å². The Morgan fingerprint density at radius 2 is 2.21 bits per heavy atom. The first kappa shape index (κ1) is 14.3. The number of hydrogen-bond donors (Lipinski definition) is 2. The highest BCUT2D eigenvalue weighted by molar-refractivity contribution is 5.42. The minimum atomic E-state index is -0.360. The molecule has 0 aromatic heterocycles. The van der Waals surface area contributed by atoms with Gasteiger partial charge < -0.3 is 19.9 Å². The number of aryl methyl sites for hydroxylation is 1. The lowest BCUT2D eigenvalue weighted by molar-refractivity contribution is 0.123. The number of ether oxygens (including phenoxy) is 2. The number of rotatable bonds is 6. The first-order chi connectivity index (χ1) is 9.25. The molecule has 1 aliphatic rings. The number of hydrogen-bond acceptors (Lipinski definition) is 4. The predicted octanol–water partition coefficient (Wildman–Crippen LogP) is 1.46. The van der Waals surface area contributed by atoms with Crippen LogP contribution in [0.25, 0.3) is 0 Å². The van der Waals surface area contributed by atoms with E-state index in [-0.39, 0.29) is 12.1 Å². The molecule has 0 radical (unpaired) electrons. The number of fused-ring (bicyclic) bond motifs is 1. The maximum absolute atomic E-state index is 9.91. The van der Waals surface area contributed by atoms with Gasteiger partial charge in [0.25, 0.3) is 0 Å². The van der Waals surface area contributed by atoms with E-state index in [9.17, 15) is 5.11 Å². The van der Waals surface area contributed by atoms with E-state index in [2.05, 4.69) is 11.4 Å². The summed E-state index contributed by atoms with van der Waals surface area (Å²) in [5, 5.41) is 13.4. The maximum atomic E-state index is 9.91. The lowest BCUT2D eigenvalue weighted by Gasteiger charge is -2.39. The van der Waals surface area contributed by atoms with Crippen molar-refractivity contribution < 1.29 is 14.6 Å². The molecule has 19 heavy (non-hydrogen) atoms. The van der Waals surface area contributed by atoms with Crippen LogP contribution in [0.2, 0.25) is 0 Å². The summed E-state index contributed by atoms with van der Waals surface area (Å²) in [5.41, 5.74) is 2.10. The van der Waals surface area contributed by atoms with E-state index in [4.69, 9.17) is 9.47 Å². The molecule has 2 N–H and O–H groups in total. The van der Waals surface area contributed by atoms with Crippen LogP contribution in [0.5, 0.6) is 5.75 Å². The average Bonchev–Trinajstić information content (AvgIpc) is 2.47. The molecule has 0 amide bonds. The Labute approximate surface area is 114 Å². The molecule has 4 heteroatoms. The molecule has 0 aliphatic heterocycles. The third kappa shape index (κ3) is 2.91. The van der Waals surface area contributed by atoms with Crippen molar-refractivity contribution in [2.75, 3.05) is 34.0 Å². The van der Waals surface area contributed by atoms with Crippen LogP contribution >= 0.6 is 0 Å². The van der Waals surface area contributed by atoms with Gasteiger partial charge in [-0.05, 0) is 42.5 Å². The Balaban J connectivity index is 2.30. The van der Waals surface area contributed by atoms with Crippen molar-refractivity contribution >= 4 is 0 Å². The van der Waals surface area contributed by atoms with Gasteiger partial charge in [-0.25, -0.2) is 0 Å². The summed E-state index contributed by atoms with van der Waals surface area (Å²) < 4.78 is 10.4. The second-order valence-electron chi connectivity index (χ2n) is 5.04. The molecule has 1 aromatic carbocycles. The largest absolute Gasteiger partial charge is 0.497 e. The summed E-state index contributed by atoms with van der Waals surface area (Å²) in [5.74, 6) is 0.840. The van der Waals surface area contributed by atoms with E-state index >= 15 is 0 Å². The van der Waals surface area contributed by atoms with Gasteiger partial charge in [-0.2, -0.15) is 0 Å². The zero-order valence-corrected chi connectivity index (χ0v) is 11.7. The van der Waals surface area contributed by atoms with E-state index in [1.807, 2.05) is 12.1 Å². The van der Waals surface area contributed by atoms with Crippen LogP contribution in [0.1, 0.15) is 24.0 Å². The number of aliphatic hydroxyl groups is 1. The monoisotopic (exact) mass is 265 g/mol. The molecule has 2 rings (SSSR count). The van der Waals surface area contributed by atoms with Crippen molar-refractivity contribution in [3.05, 3.63) is 29.3 Å². The number of methoxy groups -OCH3 is 2. The summed E-state index contributed by atoms with van der Waals surface area (Å²) in [6.07, 6.45) is 3.08. The lowest BCUT2D eigenvalue weighted by atomic mass is 9.76. The van der Waals surface area contributed by atoms with Crippen LogP contribution in [0.3, 0.4) is 0 Å². The first-order valence-corrected chi connectivity index (χ1v) is 6.78. The second kappa shape index (κ2) is 6.37. The third-order valence-electron chi connectivity index (χ3n) is 3.92. The van der Waals surface area contributed by atoms with Gasteiger partial charge in [-0.3, -0.25) is 0 Å². The highest BCUT2D eigenvalue weighted by atomic mass is 16.5. The molecule has 1 aromatic rings. The molecule has 1 atom stereocenters. The van der Waals surface area contributed by atoms with Crippen molar-refractivity contribution in [1.82, 2.24) is 5.32 Å². The van der Waals surface area contributed by atoms with Crippen molar-refractivity contribution in [1.29, 1.82) is 0 Å². The average molecular weight is 265 g/mol. The van der Waals surface area contributed by atoms with Gasteiger partial charge in [0, 0.05) is 13.7 Å². The lowest BCUT2D eigenvalue weighted by Crippen LogP contribution is -2.49. The molecular weight excluding hydrogens is 242 g/mol. The number of benzene rings is 1. The van der Waals surface area contributed by atoms with E-state index in [1.165, 1.54) is 5.56 Å². The maximum Gasteiger partial charge on any atom is 0.119 e. The molecular formula is C15H23NO3. The van der Waals surface area contributed by atoms with Gasteiger partial charge in [0.1, 0.15) is 5.75 Å². The summed E-state index contributed by atoms with van der Waals surface area (Å²) in [4.78, 5) is 0. The van der Waals surface area contributed by atoms with E-state index in [0.29, 0.717) is 6.61 Å². The van der Waals surface area contributed by atoms with Crippen LogP contribution in [0.15, 0.2) is 18.2 Å². The number of aliphatic hydroxyl groups excluding tert-OH is 1. The number of nitrogens with one attached hydrogen (secondary N) is 1. The zero-order valence-electron chi connectivity index (χ0n) is 11.7. The molecule has 0 fully saturated rings. The van der Waals surface area contributed by atoms with Crippen LogP contribution in [0, 0.1) is 0 Å². The quantitative estimate of drug-likeness (QED) is 0.765. The first-order valence-electron chi connectivity index (χ1n) is 6.78. The van der Waals surface area contributed by atoms with Crippen LogP contribution in [-0.2, 0) is 16.7 Å². The minimum absolute atomic E-state index is 0.0941. The Bertz CT molecular complexity index is 422. The predicted molar refractivity (Wildman–Crippen MR) is 74.6 cm³/mol. The summed E-state index contributed by atoms with van der Waals surface area (Å²) in [6, 6.07) is 6.14. The molecule has 0 bridgehead atoms. The topological polar surface area (TPSA) is 50.7 Å². The van der Waals surface area contributed by atoms with Gasteiger partial charge in [-0.15, -0.1) is 0 Å². The van der Waals surface area contributed by atoms with E-state index < -0.39 is 0 Å². The van der Waals surface area contributed by atoms with Crippen LogP contribution in [-0.4, -0.2) is 39.1 Å². The fourth-order valence-corrected chi connectivity index (χ4v) is 2.86. The van der Waals surface area contributed by atoms with Crippen molar-refractivity contribution in [2.45, 2.75) is 24.8 Å². The van der Waals surface area contributed by atoms with Crippen molar-refractivity contribution in [2.24, 2.45) is 0 Å². The summed E-state index contributed by atoms with van der Waals surface area (Å²) in [7, 11) is 3.36. The highest BCUT2D eigenvalue weighted by Crippen LogP contribution is 2.37. The smallest absolute Gasteiger partial charge is 0.119 e. The second-order valence-corrected chi connectivity index (χ2v) is 5.04. The Kier molecular flexibility index (Phi) is 4.80. The minimum Gasteiger partial charge on any atom is -0.497 e. The molecule has 1 aliphatic carbocycles. The molecule has 0 spiro atoms. The van der Waals surface area contributed by atoms with Gasteiger partial charge in [0.2, 0.25) is 0 Å². The molecule has 0 heterocycles. The summed E-state index contributed by atoms with van der Waals surface area (Å²) >= 11 is 0. The highest BCUT2D eigenvalue weighted by Gasteiger charge is 2.35. The Hall–Kier alpha value is -1.10. The van der Waals surface area contributed by atoms with Crippen LogP contribution < -0.4 is 10.1 Å². The summed E-state index contributed by atoms with van der Waals surface area (Å²) in [6.45, 7) is 1.46.